The zero-order valence-corrected chi connectivity index (χ0v) is 8.95. The van der Waals surface area contributed by atoms with Crippen LogP contribution in [0.15, 0.2) is 0 Å². The van der Waals surface area contributed by atoms with Crippen LogP contribution < -0.4 is 5.32 Å². The third-order valence-corrected chi connectivity index (χ3v) is 2.18. The van der Waals surface area contributed by atoms with Gasteiger partial charge in [0.05, 0.1) is 6.10 Å². The Balaban J connectivity index is 0.00000121. The van der Waals surface area contributed by atoms with Crippen LogP contribution in [0.1, 0.15) is 27.2 Å². The fraction of sp³-hybridized carbons (Fsp3) is 1.00. The van der Waals surface area contributed by atoms with Crippen LogP contribution in [0.2, 0.25) is 0 Å². The van der Waals surface area contributed by atoms with Gasteiger partial charge in [0.15, 0.2) is 0 Å². The Labute approximate surface area is 81.2 Å². The third kappa shape index (κ3) is 3.74. The molecular formula is C9H20ClNO. The number of β-amino-alcohol motifs (C(OH)–C–C–N with tert-alkyl or cyclic N) is 1. The summed E-state index contributed by atoms with van der Waals surface area (Å²) in [6, 6.07) is 0. The maximum atomic E-state index is 9.49. The van der Waals surface area contributed by atoms with Crippen molar-refractivity contribution in [3.8, 4) is 0 Å². The number of hydrogen-bond acceptors (Lipinski definition) is 2. The van der Waals surface area contributed by atoms with E-state index in [4.69, 9.17) is 0 Å². The van der Waals surface area contributed by atoms with Crippen molar-refractivity contribution in [3.05, 3.63) is 0 Å². The Bertz CT molecular complexity index is 133. The summed E-state index contributed by atoms with van der Waals surface area (Å²) in [5, 5.41) is 12.7. The van der Waals surface area contributed by atoms with Gasteiger partial charge in [0.25, 0.3) is 0 Å². The van der Waals surface area contributed by atoms with Gasteiger partial charge in [-0.05, 0) is 17.8 Å². The molecule has 0 aromatic rings. The molecule has 0 spiro atoms. The van der Waals surface area contributed by atoms with Gasteiger partial charge in [0.2, 0.25) is 0 Å². The molecule has 0 aromatic heterocycles. The number of aliphatic hydroxyl groups excluding tert-OH is 1. The Hall–Kier alpha value is 0.210. The van der Waals surface area contributed by atoms with Crippen molar-refractivity contribution < 1.29 is 5.11 Å². The first-order valence-corrected chi connectivity index (χ1v) is 4.38. The fourth-order valence-corrected chi connectivity index (χ4v) is 1.71. The van der Waals surface area contributed by atoms with Crippen LogP contribution >= 0.6 is 12.4 Å². The number of hydrogen-bond donors (Lipinski definition) is 2. The molecule has 2 atom stereocenters. The Morgan fingerprint density at radius 2 is 1.92 bits per heavy atom. The van der Waals surface area contributed by atoms with Gasteiger partial charge in [-0.2, -0.15) is 0 Å². The first-order valence-electron chi connectivity index (χ1n) is 4.38. The monoisotopic (exact) mass is 193 g/mol. The summed E-state index contributed by atoms with van der Waals surface area (Å²) in [6.07, 6.45) is 0.996. The van der Waals surface area contributed by atoms with Crippen LogP contribution in [0, 0.1) is 11.3 Å². The van der Waals surface area contributed by atoms with E-state index in [1.165, 1.54) is 0 Å². The van der Waals surface area contributed by atoms with Gasteiger partial charge in [-0.3, -0.25) is 0 Å². The minimum absolute atomic E-state index is 0. The Kier molecular flexibility index (Phi) is 4.53. The zero-order valence-electron chi connectivity index (χ0n) is 8.13. The lowest BCUT2D eigenvalue weighted by molar-refractivity contribution is 0.120. The van der Waals surface area contributed by atoms with E-state index in [1.807, 2.05) is 0 Å². The highest BCUT2D eigenvalue weighted by Crippen LogP contribution is 2.27. The van der Waals surface area contributed by atoms with Gasteiger partial charge in [-0.15, -0.1) is 12.4 Å². The second kappa shape index (κ2) is 4.45. The molecule has 1 aliphatic rings. The lowest BCUT2D eigenvalue weighted by Crippen LogP contribution is -2.23. The first-order chi connectivity index (χ1) is 4.99. The average molecular weight is 194 g/mol. The van der Waals surface area contributed by atoms with Crippen LogP contribution in [0.5, 0.6) is 0 Å². The molecule has 0 bridgehead atoms. The van der Waals surface area contributed by atoms with Crippen molar-refractivity contribution in [1.29, 1.82) is 0 Å². The van der Waals surface area contributed by atoms with Crippen LogP contribution in [0.3, 0.4) is 0 Å². The van der Waals surface area contributed by atoms with Crippen molar-refractivity contribution in [3.63, 3.8) is 0 Å². The standard InChI is InChI=1S/C9H19NO.ClH/c1-9(2,3)4-7-5-10-6-8(7)11;/h7-8,10-11H,4-6H2,1-3H3;1H/t7-,8-;/m1./s1. The molecule has 2 nitrogen and oxygen atoms in total. The Morgan fingerprint density at radius 3 is 2.25 bits per heavy atom. The summed E-state index contributed by atoms with van der Waals surface area (Å²) in [5.74, 6) is 0.468. The number of rotatable bonds is 1. The lowest BCUT2D eigenvalue weighted by atomic mass is 9.83. The lowest BCUT2D eigenvalue weighted by Gasteiger charge is -2.24. The summed E-state index contributed by atoms with van der Waals surface area (Å²) in [4.78, 5) is 0. The number of halogens is 1. The highest BCUT2D eigenvalue weighted by molar-refractivity contribution is 5.85. The van der Waals surface area contributed by atoms with E-state index >= 15 is 0 Å². The van der Waals surface area contributed by atoms with Crippen molar-refractivity contribution in [2.24, 2.45) is 11.3 Å². The molecule has 1 rings (SSSR count). The smallest absolute Gasteiger partial charge is 0.0705 e. The summed E-state index contributed by atoms with van der Waals surface area (Å²) in [6.45, 7) is 8.42. The average Bonchev–Trinajstić information content (AvgIpc) is 2.12. The summed E-state index contributed by atoms with van der Waals surface area (Å²) >= 11 is 0. The van der Waals surface area contributed by atoms with Crippen molar-refractivity contribution in [2.75, 3.05) is 13.1 Å². The molecule has 2 N–H and O–H groups in total. The molecule has 1 heterocycles. The van der Waals surface area contributed by atoms with E-state index in [0.717, 1.165) is 19.5 Å². The van der Waals surface area contributed by atoms with Gasteiger partial charge in [-0.1, -0.05) is 20.8 Å². The second-order valence-electron chi connectivity index (χ2n) is 4.75. The minimum atomic E-state index is -0.116. The van der Waals surface area contributed by atoms with Crippen LogP contribution in [0.25, 0.3) is 0 Å². The summed E-state index contributed by atoms with van der Waals surface area (Å²) in [7, 11) is 0. The van der Waals surface area contributed by atoms with Gasteiger partial charge in [0.1, 0.15) is 0 Å². The van der Waals surface area contributed by atoms with Crippen molar-refractivity contribution in [2.45, 2.75) is 33.3 Å². The van der Waals surface area contributed by atoms with E-state index in [9.17, 15) is 5.11 Å². The Morgan fingerprint density at radius 1 is 1.33 bits per heavy atom. The molecule has 0 unspecified atom stereocenters. The molecule has 0 aromatic carbocycles. The molecule has 3 heteroatoms. The molecule has 74 valence electrons. The molecule has 1 aliphatic heterocycles. The zero-order chi connectivity index (χ0) is 8.48. The molecule has 0 radical (unpaired) electrons. The van der Waals surface area contributed by atoms with E-state index in [-0.39, 0.29) is 18.5 Å². The van der Waals surface area contributed by atoms with Gasteiger partial charge in [-0.25, -0.2) is 0 Å². The SMILES string of the molecule is CC(C)(C)C[C@@H]1CNC[C@H]1O.Cl. The van der Waals surface area contributed by atoms with Crippen molar-refractivity contribution >= 4 is 12.4 Å². The summed E-state index contributed by atoms with van der Waals surface area (Å²) < 4.78 is 0. The fourth-order valence-electron chi connectivity index (χ4n) is 1.71. The molecule has 0 amide bonds. The largest absolute Gasteiger partial charge is 0.391 e. The van der Waals surface area contributed by atoms with E-state index in [0.29, 0.717) is 11.3 Å². The molecule has 1 fully saturated rings. The van der Waals surface area contributed by atoms with Gasteiger partial charge in [0, 0.05) is 13.1 Å². The predicted octanol–water partition coefficient (Wildman–Crippen LogP) is 1.42. The van der Waals surface area contributed by atoms with Gasteiger partial charge < -0.3 is 10.4 Å². The predicted molar refractivity (Wildman–Crippen MR) is 53.7 cm³/mol. The van der Waals surface area contributed by atoms with E-state index < -0.39 is 0 Å². The maximum Gasteiger partial charge on any atom is 0.0705 e. The molecule has 12 heavy (non-hydrogen) atoms. The van der Waals surface area contributed by atoms with Gasteiger partial charge >= 0.3 is 0 Å². The van der Waals surface area contributed by atoms with E-state index in [1.54, 1.807) is 0 Å². The maximum absolute atomic E-state index is 9.49. The summed E-state index contributed by atoms with van der Waals surface area (Å²) in [5.41, 5.74) is 0.345. The topological polar surface area (TPSA) is 32.3 Å². The second-order valence-corrected chi connectivity index (χ2v) is 4.75. The first kappa shape index (κ1) is 12.2. The van der Waals surface area contributed by atoms with Crippen LogP contribution in [-0.4, -0.2) is 24.3 Å². The molecule has 0 saturated carbocycles. The third-order valence-electron chi connectivity index (χ3n) is 2.18. The molecular weight excluding hydrogens is 174 g/mol. The minimum Gasteiger partial charge on any atom is -0.391 e. The normalized spacial score (nSPS) is 30.0. The quantitative estimate of drug-likeness (QED) is 0.661. The number of nitrogens with one attached hydrogen (secondary N) is 1. The van der Waals surface area contributed by atoms with Crippen LogP contribution in [-0.2, 0) is 0 Å². The van der Waals surface area contributed by atoms with E-state index in [2.05, 4.69) is 26.1 Å². The highest BCUT2D eigenvalue weighted by atomic mass is 35.5. The molecule has 0 aliphatic carbocycles. The van der Waals surface area contributed by atoms with Crippen molar-refractivity contribution in [1.82, 2.24) is 5.32 Å². The highest BCUT2D eigenvalue weighted by Gasteiger charge is 2.28. The van der Waals surface area contributed by atoms with Crippen LogP contribution in [0.4, 0.5) is 0 Å². The number of aliphatic hydroxyl groups is 1. The molecule has 1 saturated heterocycles.